The second kappa shape index (κ2) is 8.39. The van der Waals surface area contributed by atoms with Crippen LogP contribution >= 0.6 is 11.6 Å². The van der Waals surface area contributed by atoms with E-state index in [1.165, 1.54) is 22.9 Å². The molecule has 1 fully saturated rings. The van der Waals surface area contributed by atoms with E-state index in [9.17, 15) is 18.0 Å². The van der Waals surface area contributed by atoms with Gasteiger partial charge in [0.25, 0.3) is 0 Å². The number of hydrogen-bond donors (Lipinski definition) is 3. The Kier molecular flexibility index (Phi) is 5.80. The fourth-order valence-electron chi connectivity index (χ4n) is 3.78. The van der Waals surface area contributed by atoms with Crippen LogP contribution in [0.15, 0.2) is 29.2 Å². The summed E-state index contributed by atoms with van der Waals surface area (Å²) < 4.78 is 43.6. The van der Waals surface area contributed by atoms with Gasteiger partial charge in [0.15, 0.2) is 5.65 Å². The summed E-state index contributed by atoms with van der Waals surface area (Å²) in [6.45, 7) is 0.421. The van der Waals surface area contributed by atoms with Crippen LogP contribution in [0.4, 0.5) is 19.1 Å². The number of hydrogen-bond acceptors (Lipinski definition) is 6. The van der Waals surface area contributed by atoms with Crippen LogP contribution in [0.2, 0.25) is 5.02 Å². The van der Waals surface area contributed by atoms with E-state index in [1.807, 2.05) is 0 Å². The molecule has 0 aliphatic heterocycles. The monoisotopic (exact) mass is 456 g/mol. The van der Waals surface area contributed by atoms with Gasteiger partial charge in [0.1, 0.15) is 11.3 Å². The van der Waals surface area contributed by atoms with Crippen LogP contribution in [0.1, 0.15) is 24.8 Å². The Labute approximate surface area is 179 Å². The summed E-state index contributed by atoms with van der Waals surface area (Å²) in [6, 6.07) is 3.91. The maximum Gasteiger partial charge on any atom is 0.573 e. The molecule has 31 heavy (non-hydrogen) atoms. The van der Waals surface area contributed by atoms with Crippen LogP contribution in [-0.2, 0) is 6.54 Å². The number of nitrogens with zero attached hydrogens (tertiary/aromatic N) is 3. The maximum absolute atomic E-state index is 12.8. The van der Waals surface area contributed by atoms with E-state index in [1.54, 1.807) is 0 Å². The SMILES string of the molecule is N[C@@H]1CC[C@@H](CNc2ncc3[nH]c(=O)n(Cc4cc(Cl)ccc4OC(F)(F)F)c3n2)C1. The Morgan fingerprint density at radius 3 is 2.87 bits per heavy atom. The average molecular weight is 457 g/mol. The van der Waals surface area contributed by atoms with Crippen molar-refractivity contribution < 1.29 is 17.9 Å². The molecule has 0 saturated heterocycles. The zero-order valence-electron chi connectivity index (χ0n) is 16.2. The lowest BCUT2D eigenvalue weighted by molar-refractivity contribution is -0.274. The van der Waals surface area contributed by atoms with Crippen LogP contribution in [0.3, 0.4) is 0 Å². The molecule has 8 nitrogen and oxygen atoms in total. The van der Waals surface area contributed by atoms with E-state index in [-0.39, 0.29) is 28.8 Å². The minimum atomic E-state index is -4.88. The molecule has 2 atom stereocenters. The van der Waals surface area contributed by atoms with Crippen LogP contribution in [0.5, 0.6) is 5.75 Å². The zero-order valence-corrected chi connectivity index (χ0v) is 17.0. The highest BCUT2D eigenvalue weighted by Crippen LogP contribution is 2.29. The molecule has 166 valence electrons. The first-order valence-corrected chi connectivity index (χ1v) is 10.0. The summed E-state index contributed by atoms with van der Waals surface area (Å²) in [7, 11) is 0. The Hall–Kier alpha value is -2.79. The maximum atomic E-state index is 12.8. The van der Waals surface area contributed by atoms with Crippen molar-refractivity contribution in [3.63, 3.8) is 0 Å². The van der Waals surface area contributed by atoms with Crippen LogP contribution in [-0.4, -0.2) is 38.5 Å². The molecule has 4 rings (SSSR count). The van der Waals surface area contributed by atoms with Gasteiger partial charge in [0.2, 0.25) is 5.95 Å². The highest BCUT2D eigenvalue weighted by atomic mass is 35.5. The Bertz CT molecular complexity index is 1150. The van der Waals surface area contributed by atoms with Gasteiger partial charge in [0.05, 0.1) is 12.7 Å². The molecule has 1 aromatic carbocycles. The average Bonchev–Trinajstić information content (AvgIpc) is 3.24. The van der Waals surface area contributed by atoms with Gasteiger partial charge in [-0.25, -0.2) is 9.78 Å². The Morgan fingerprint density at radius 2 is 2.16 bits per heavy atom. The second-order valence-electron chi connectivity index (χ2n) is 7.57. The first kappa shape index (κ1) is 21.4. The zero-order chi connectivity index (χ0) is 22.2. The number of aromatic nitrogens is 4. The predicted molar refractivity (Wildman–Crippen MR) is 109 cm³/mol. The standard InChI is InChI=1S/C19H20ClF3N6O2/c20-12-2-4-15(31-19(21,22)23)11(6-12)9-29-16-14(27-18(29)30)8-26-17(28-16)25-7-10-1-3-13(24)5-10/h2,4,6,8,10,13H,1,3,5,7,9,24H2,(H,27,30)(H,25,26,28)/t10-,13-/m1/s1. The third kappa shape index (κ3) is 5.10. The van der Waals surface area contributed by atoms with Gasteiger partial charge in [-0.2, -0.15) is 4.98 Å². The van der Waals surface area contributed by atoms with Crippen molar-refractivity contribution in [1.82, 2.24) is 19.5 Å². The van der Waals surface area contributed by atoms with E-state index in [0.717, 1.165) is 25.3 Å². The van der Waals surface area contributed by atoms with Crippen LogP contribution in [0.25, 0.3) is 11.2 Å². The molecule has 0 bridgehead atoms. The molecule has 0 spiro atoms. The van der Waals surface area contributed by atoms with E-state index in [2.05, 4.69) is 25.0 Å². The van der Waals surface area contributed by atoms with Crippen molar-refractivity contribution in [2.75, 3.05) is 11.9 Å². The number of fused-ring (bicyclic) bond motifs is 1. The summed E-state index contributed by atoms with van der Waals surface area (Å²) >= 11 is 5.95. The van der Waals surface area contributed by atoms with Gasteiger partial charge in [-0.1, -0.05) is 11.6 Å². The van der Waals surface area contributed by atoms with E-state index < -0.39 is 17.8 Å². The lowest BCUT2D eigenvalue weighted by Crippen LogP contribution is -2.21. The number of imidazole rings is 1. The lowest BCUT2D eigenvalue weighted by Gasteiger charge is -2.14. The molecule has 12 heteroatoms. The minimum Gasteiger partial charge on any atom is -0.405 e. The van der Waals surface area contributed by atoms with E-state index in [4.69, 9.17) is 17.3 Å². The minimum absolute atomic E-state index is 0.0842. The van der Waals surface area contributed by atoms with Gasteiger partial charge >= 0.3 is 12.1 Å². The van der Waals surface area contributed by atoms with Crippen LogP contribution < -0.4 is 21.5 Å². The third-order valence-corrected chi connectivity index (χ3v) is 5.45. The number of alkyl halides is 3. The largest absolute Gasteiger partial charge is 0.573 e. The number of rotatable bonds is 6. The fourth-order valence-corrected chi connectivity index (χ4v) is 3.97. The fraction of sp³-hybridized carbons (Fsp3) is 0.421. The number of anilines is 1. The molecule has 0 radical (unpaired) electrons. The molecule has 0 amide bonds. The number of benzene rings is 1. The highest BCUT2D eigenvalue weighted by molar-refractivity contribution is 6.30. The smallest absolute Gasteiger partial charge is 0.405 e. The number of ether oxygens (including phenoxy) is 1. The molecule has 2 heterocycles. The molecule has 0 unspecified atom stereocenters. The van der Waals surface area contributed by atoms with Crippen molar-refractivity contribution >= 4 is 28.7 Å². The topological polar surface area (TPSA) is 111 Å². The molecule has 3 aromatic rings. The first-order valence-electron chi connectivity index (χ1n) is 9.67. The number of H-pyrrole nitrogens is 1. The lowest BCUT2D eigenvalue weighted by atomic mass is 10.1. The predicted octanol–water partition coefficient (Wildman–Crippen LogP) is 3.26. The number of aromatic amines is 1. The normalized spacial score (nSPS) is 19.1. The Balaban J connectivity index is 1.61. The number of halogens is 4. The molecular weight excluding hydrogens is 437 g/mol. The highest BCUT2D eigenvalue weighted by Gasteiger charge is 2.32. The Morgan fingerprint density at radius 1 is 1.35 bits per heavy atom. The van der Waals surface area contributed by atoms with Gasteiger partial charge in [0, 0.05) is 23.2 Å². The third-order valence-electron chi connectivity index (χ3n) is 5.22. The van der Waals surface area contributed by atoms with Gasteiger partial charge in [-0.3, -0.25) is 4.57 Å². The van der Waals surface area contributed by atoms with Crippen molar-refractivity contribution in [3.05, 3.63) is 45.5 Å². The number of nitrogens with one attached hydrogen (secondary N) is 2. The summed E-state index contributed by atoms with van der Waals surface area (Å²) in [5, 5.41) is 3.36. The van der Waals surface area contributed by atoms with Gasteiger partial charge in [-0.15, -0.1) is 13.2 Å². The summed E-state index contributed by atoms with van der Waals surface area (Å²) in [5.74, 6) is 0.290. The summed E-state index contributed by atoms with van der Waals surface area (Å²) in [4.78, 5) is 23.6. The van der Waals surface area contributed by atoms with Crippen molar-refractivity contribution in [3.8, 4) is 5.75 Å². The van der Waals surface area contributed by atoms with E-state index >= 15 is 0 Å². The van der Waals surface area contributed by atoms with Gasteiger partial charge in [-0.05, 0) is 43.4 Å². The molecule has 1 aliphatic carbocycles. The van der Waals surface area contributed by atoms with E-state index in [0.29, 0.717) is 23.9 Å². The first-order chi connectivity index (χ1) is 14.7. The van der Waals surface area contributed by atoms with Crippen molar-refractivity contribution in [1.29, 1.82) is 0 Å². The molecule has 4 N–H and O–H groups in total. The summed E-state index contributed by atoms with van der Waals surface area (Å²) in [5.41, 5.74) is 6.09. The molecule has 1 saturated carbocycles. The second-order valence-corrected chi connectivity index (χ2v) is 8.00. The van der Waals surface area contributed by atoms with Gasteiger partial charge < -0.3 is 20.8 Å². The summed E-state index contributed by atoms with van der Waals surface area (Å²) in [6.07, 6.45) is -0.516. The number of nitrogens with two attached hydrogens (primary N) is 1. The van der Waals surface area contributed by atoms with Crippen LogP contribution in [0, 0.1) is 5.92 Å². The molecular formula is C19H20ClF3N6O2. The molecule has 2 aromatic heterocycles. The molecule has 1 aliphatic rings. The van der Waals surface area contributed by atoms with Crippen molar-refractivity contribution in [2.24, 2.45) is 11.7 Å². The quantitative estimate of drug-likeness (QED) is 0.525. The van der Waals surface area contributed by atoms with Crippen molar-refractivity contribution in [2.45, 2.75) is 38.2 Å².